The molecular formula is C45H25N3O2S. The summed E-state index contributed by atoms with van der Waals surface area (Å²) in [4.78, 5) is 15.1. The quantitative estimate of drug-likeness (QED) is 0.186. The van der Waals surface area contributed by atoms with Gasteiger partial charge in [-0.1, -0.05) is 91.0 Å². The summed E-state index contributed by atoms with van der Waals surface area (Å²) in [6, 6.07) is 52.2. The van der Waals surface area contributed by atoms with Crippen molar-refractivity contribution < 1.29 is 8.83 Å². The molecule has 7 aromatic carbocycles. The Bertz CT molecular complexity index is 3160. The third kappa shape index (κ3) is 4.50. The van der Waals surface area contributed by atoms with Crippen molar-refractivity contribution >= 4 is 75.4 Å². The standard InChI is InChI=1S/C45H25N3O2S/c1-2-9-26(10-3-1)43-46-44(28-17-20-39-34(24-28)32-12-5-6-15-37(32)49-39)48-45(47-43)29-19-22-41-36(25-29)35-23-27(18-21-40(35)51-41)30-13-8-14-33-31-11-4-7-16-38(31)50-42(30)33/h1-25H. The zero-order chi connectivity index (χ0) is 33.5. The molecule has 5 nitrogen and oxygen atoms in total. The van der Waals surface area contributed by atoms with E-state index in [-0.39, 0.29) is 0 Å². The molecule has 4 aromatic heterocycles. The molecule has 0 saturated heterocycles. The summed E-state index contributed by atoms with van der Waals surface area (Å²) in [6.07, 6.45) is 0. The molecule has 0 unspecified atom stereocenters. The highest BCUT2D eigenvalue weighted by molar-refractivity contribution is 7.25. The van der Waals surface area contributed by atoms with E-state index >= 15 is 0 Å². The molecule has 0 saturated carbocycles. The van der Waals surface area contributed by atoms with Gasteiger partial charge in [0.25, 0.3) is 0 Å². The predicted molar refractivity (Wildman–Crippen MR) is 209 cm³/mol. The fourth-order valence-electron chi connectivity index (χ4n) is 7.27. The lowest BCUT2D eigenvalue weighted by Gasteiger charge is -2.09. The molecule has 0 radical (unpaired) electrons. The second-order valence-corrected chi connectivity index (χ2v) is 13.9. The first kappa shape index (κ1) is 28.2. The van der Waals surface area contributed by atoms with Crippen LogP contribution in [0.1, 0.15) is 0 Å². The van der Waals surface area contributed by atoms with Crippen molar-refractivity contribution in [2.45, 2.75) is 0 Å². The van der Waals surface area contributed by atoms with Crippen molar-refractivity contribution in [3.63, 3.8) is 0 Å². The molecule has 0 aliphatic heterocycles. The van der Waals surface area contributed by atoms with Gasteiger partial charge in [0.15, 0.2) is 17.5 Å². The first-order chi connectivity index (χ1) is 25.2. The van der Waals surface area contributed by atoms with Crippen LogP contribution in [0, 0.1) is 0 Å². The normalized spacial score (nSPS) is 11.9. The van der Waals surface area contributed by atoms with Gasteiger partial charge in [-0.2, -0.15) is 0 Å². The first-order valence-corrected chi connectivity index (χ1v) is 17.7. The van der Waals surface area contributed by atoms with Crippen LogP contribution in [0.25, 0.3) is 109 Å². The third-order valence-corrected chi connectivity index (χ3v) is 10.9. The summed E-state index contributed by atoms with van der Waals surface area (Å²) >= 11 is 1.79. The van der Waals surface area contributed by atoms with Crippen molar-refractivity contribution in [2.75, 3.05) is 0 Å². The van der Waals surface area contributed by atoms with E-state index in [4.69, 9.17) is 23.8 Å². The third-order valence-electron chi connectivity index (χ3n) is 9.75. The molecule has 0 atom stereocenters. The van der Waals surface area contributed by atoms with E-state index in [9.17, 15) is 0 Å². The summed E-state index contributed by atoms with van der Waals surface area (Å²) < 4.78 is 15.0. The molecule has 0 spiro atoms. The monoisotopic (exact) mass is 671 g/mol. The number of hydrogen-bond acceptors (Lipinski definition) is 6. The van der Waals surface area contributed by atoms with Crippen LogP contribution in [-0.2, 0) is 0 Å². The highest BCUT2D eigenvalue weighted by Gasteiger charge is 2.17. The van der Waals surface area contributed by atoms with Crippen molar-refractivity contribution in [2.24, 2.45) is 0 Å². The van der Waals surface area contributed by atoms with Crippen molar-refractivity contribution in [1.82, 2.24) is 15.0 Å². The molecule has 238 valence electrons. The summed E-state index contributed by atoms with van der Waals surface area (Å²) in [6.45, 7) is 0. The largest absolute Gasteiger partial charge is 0.456 e. The number of rotatable bonds is 4. The topological polar surface area (TPSA) is 65.0 Å². The average molecular weight is 672 g/mol. The molecule has 0 aliphatic rings. The van der Waals surface area contributed by atoms with Gasteiger partial charge >= 0.3 is 0 Å². The SMILES string of the molecule is c1ccc(-c2nc(-c3ccc4oc5ccccc5c4c3)nc(-c3ccc4sc5ccc(-c6cccc7c6oc6ccccc67)cc5c4c3)n2)cc1. The number of benzene rings is 7. The van der Waals surface area contributed by atoms with Gasteiger partial charge in [0, 0.05) is 64.0 Å². The number of para-hydroxylation sites is 3. The maximum absolute atomic E-state index is 6.41. The lowest BCUT2D eigenvalue weighted by atomic mass is 10.00. The van der Waals surface area contributed by atoms with Gasteiger partial charge in [0.05, 0.1) is 0 Å². The van der Waals surface area contributed by atoms with Crippen LogP contribution < -0.4 is 0 Å². The molecule has 11 rings (SSSR count). The van der Waals surface area contributed by atoms with E-state index < -0.39 is 0 Å². The molecule has 11 aromatic rings. The Balaban J connectivity index is 1.08. The number of fused-ring (bicyclic) bond motifs is 9. The minimum Gasteiger partial charge on any atom is -0.456 e. The van der Waals surface area contributed by atoms with Gasteiger partial charge in [-0.25, -0.2) is 15.0 Å². The Kier molecular flexibility index (Phi) is 6.05. The Morgan fingerprint density at radius 2 is 0.882 bits per heavy atom. The van der Waals surface area contributed by atoms with Gasteiger partial charge in [0.2, 0.25) is 0 Å². The van der Waals surface area contributed by atoms with Crippen molar-refractivity contribution in [1.29, 1.82) is 0 Å². The van der Waals surface area contributed by atoms with E-state index in [0.29, 0.717) is 17.5 Å². The summed E-state index contributed by atoms with van der Waals surface area (Å²) in [7, 11) is 0. The molecular weight excluding hydrogens is 647 g/mol. The van der Waals surface area contributed by atoms with Crippen LogP contribution in [0.4, 0.5) is 0 Å². The molecule has 0 aliphatic carbocycles. The van der Waals surface area contributed by atoms with Gasteiger partial charge < -0.3 is 8.83 Å². The predicted octanol–water partition coefficient (Wildman–Crippen LogP) is 12.7. The van der Waals surface area contributed by atoms with Crippen LogP contribution in [-0.4, -0.2) is 15.0 Å². The Morgan fingerprint density at radius 1 is 0.353 bits per heavy atom. The zero-order valence-electron chi connectivity index (χ0n) is 27.0. The molecule has 0 fully saturated rings. The minimum absolute atomic E-state index is 0.613. The fourth-order valence-corrected chi connectivity index (χ4v) is 8.34. The Morgan fingerprint density at radius 3 is 1.63 bits per heavy atom. The van der Waals surface area contributed by atoms with Crippen molar-refractivity contribution in [3.05, 3.63) is 152 Å². The molecule has 6 heteroatoms. The molecule has 0 bridgehead atoms. The molecule has 4 heterocycles. The minimum atomic E-state index is 0.613. The Labute approximate surface area is 295 Å². The molecule has 51 heavy (non-hydrogen) atoms. The van der Waals surface area contributed by atoms with Gasteiger partial charge in [-0.15, -0.1) is 11.3 Å². The fraction of sp³-hybridized carbons (Fsp3) is 0. The second kappa shape index (κ2) is 10.9. The van der Waals surface area contributed by atoms with E-state index in [1.54, 1.807) is 11.3 Å². The Hall–Kier alpha value is -6.63. The maximum Gasteiger partial charge on any atom is 0.164 e. The van der Waals surface area contributed by atoms with E-state index in [1.807, 2.05) is 72.8 Å². The van der Waals surface area contributed by atoms with E-state index in [0.717, 1.165) is 71.7 Å². The van der Waals surface area contributed by atoms with Gasteiger partial charge in [-0.05, 0) is 66.2 Å². The van der Waals surface area contributed by atoms with Gasteiger partial charge in [-0.3, -0.25) is 0 Å². The van der Waals surface area contributed by atoms with Crippen LogP contribution in [0.2, 0.25) is 0 Å². The highest BCUT2D eigenvalue weighted by atomic mass is 32.1. The lowest BCUT2D eigenvalue weighted by Crippen LogP contribution is -2.00. The highest BCUT2D eigenvalue weighted by Crippen LogP contribution is 2.41. The van der Waals surface area contributed by atoms with Crippen LogP contribution in [0.3, 0.4) is 0 Å². The maximum atomic E-state index is 6.41. The zero-order valence-corrected chi connectivity index (χ0v) is 27.8. The molecule has 0 amide bonds. The molecule has 0 N–H and O–H groups in total. The second-order valence-electron chi connectivity index (χ2n) is 12.8. The van der Waals surface area contributed by atoms with Crippen LogP contribution >= 0.6 is 11.3 Å². The smallest absolute Gasteiger partial charge is 0.164 e. The summed E-state index contributed by atoms with van der Waals surface area (Å²) in [5.74, 6) is 1.87. The number of nitrogens with zero attached hydrogens (tertiary/aromatic N) is 3. The average Bonchev–Trinajstić information content (AvgIpc) is 3.88. The van der Waals surface area contributed by atoms with E-state index in [2.05, 4.69) is 78.9 Å². The van der Waals surface area contributed by atoms with Crippen LogP contribution in [0.15, 0.2) is 160 Å². The van der Waals surface area contributed by atoms with Crippen molar-refractivity contribution in [3.8, 4) is 45.3 Å². The summed E-state index contributed by atoms with van der Waals surface area (Å²) in [5, 5.41) is 6.72. The van der Waals surface area contributed by atoms with Crippen LogP contribution in [0.5, 0.6) is 0 Å². The van der Waals surface area contributed by atoms with Gasteiger partial charge in [0.1, 0.15) is 22.3 Å². The lowest BCUT2D eigenvalue weighted by molar-refractivity contribution is 0.669. The number of thiophene rings is 1. The first-order valence-electron chi connectivity index (χ1n) is 16.8. The van der Waals surface area contributed by atoms with E-state index in [1.165, 1.54) is 20.2 Å². The number of hydrogen-bond donors (Lipinski definition) is 0. The number of furan rings is 2. The number of aromatic nitrogens is 3. The summed E-state index contributed by atoms with van der Waals surface area (Å²) in [5.41, 5.74) is 8.48.